The van der Waals surface area contributed by atoms with Crippen LogP contribution in [-0.2, 0) is 6.54 Å². The first-order chi connectivity index (χ1) is 10.1. The van der Waals surface area contributed by atoms with Crippen LogP contribution in [-0.4, -0.2) is 14.3 Å². The summed E-state index contributed by atoms with van der Waals surface area (Å²) >= 11 is 3.42. The molecule has 3 rings (SSSR count). The lowest BCUT2D eigenvalue weighted by Gasteiger charge is -2.06. The average Bonchev–Trinajstić information content (AvgIpc) is 2.94. The summed E-state index contributed by atoms with van der Waals surface area (Å²) in [7, 11) is 0. The van der Waals surface area contributed by atoms with Crippen LogP contribution in [0.25, 0.3) is 5.69 Å². The Balaban J connectivity index is 1.90. The van der Waals surface area contributed by atoms with Crippen LogP contribution in [0.2, 0.25) is 0 Å². The number of rotatable bonds is 3. The molecule has 0 amide bonds. The van der Waals surface area contributed by atoms with Crippen LogP contribution in [0.15, 0.2) is 64.3 Å². The molecule has 0 spiro atoms. The molecule has 106 valence electrons. The molecule has 0 fully saturated rings. The first kappa shape index (κ1) is 13.8. The van der Waals surface area contributed by atoms with Gasteiger partial charge in [-0.3, -0.25) is 4.79 Å². The van der Waals surface area contributed by atoms with E-state index in [0.29, 0.717) is 6.54 Å². The molecular formula is C16H14BrN3O. The number of halogens is 1. The van der Waals surface area contributed by atoms with Crippen LogP contribution in [0.3, 0.4) is 0 Å². The van der Waals surface area contributed by atoms with Crippen molar-refractivity contribution >= 4 is 15.9 Å². The van der Waals surface area contributed by atoms with E-state index in [1.165, 1.54) is 0 Å². The zero-order chi connectivity index (χ0) is 14.8. The van der Waals surface area contributed by atoms with Gasteiger partial charge in [0.25, 0.3) is 5.56 Å². The number of aromatic nitrogens is 3. The minimum atomic E-state index is 0.0191. The second-order valence-corrected chi connectivity index (χ2v) is 5.82. The molecule has 0 aliphatic heterocycles. The molecule has 4 nitrogen and oxygen atoms in total. The van der Waals surface area contributed by atoms with Crippen molar-refractivity contribution in [3.63, 3.8) is 0 Å². The second-order valence-electron chi connectivity index (χ2n) is 4.90. The Morgan fingerprint density at radius 3 is 2.71 bits per heavy atom. The fourth-order valence-electron chi connectivity index (χ4n) is 2.22. The number of nitrogens with zero attached hydrogens (tertiary/aromatic N) is 3. The Morgan fingerprint density at radius 1 is 1.19 bits per heavy atom. The van der Waals surface area contributed by atoms with Gasteiger partial charge in [-0.1, -0.05) is 18.2 Å². The van der Waals surface area contributed by atoms with Gasteiger partial charge >= 0.3 is 0 Å². The van der Waals surface area contributed by atoms with E-state index in [4.69, 9.17) is 0 Å². The van der Waals surface area contributed by atoms with Crippen molar-refractivity contribution in [1.82, 2.24) is 14.3 Å². The molecule has 0 bridgehead atoms. The Kier molecular flexibility index (Phi) is 3.75. The Labute approximate surface area is 130 Å². The van der Waals surface area contributed by atoms with Gasteiger partial charge in [0.2, 0.25) is 0 Å². The Bertz CT molecular complexity index is 821. The quantitative estimate of drug-likeness (QED) is 0.732. The molecule has 0 saturated carbocycles. The van der Waals surface area contributed by atoms with Crippen molar-refractivity contribution < 1.29 is 0 Å². The molecule has 0 aliphatic rings. The molecule has 3 aromatic rings. The van der Waals surface area contributed by atoms with Crippen molar-refractivity contribution in [1.29, 1.82) is 0 Å². The van der Waals surface area contributed by atoms with E-state index in [1.54, 1.807) is 17.0 Å². The van der Waals surface area contributed by atoms with Gasteiger partial charge in [0.15, 0.2) is 0 Å². The van der Waals surface area contributed by atoms with Gasteiger partial charge in [-0.2, -0.15) is 5.10 Å². The number of hydrogen-bond donors (Lipinski definition) is 0. The Morgan fingerprint density at radius 2 is 1.95 bits per heavy atom. The standard InChI is InChI=1S/C16H14BrN3O/c1-12-7-14(17)11-19(16(12)21)9-13-8-18-20(10-13)15-5-3-2-4-6-15/h2-8,10-11H,9H2,1H3. The summed E-state index contributed by atoms with van der Waals surface area (Å²) in [6, 6.07) is 11.7. The van der Waals surface area contributed by atoms with Gasteiger partial charge in [-0.15, -0.1) is 0 Å². The monoisotopic (exact) mass is 343 g/mol. The Hall–Kier alpha value is -2.14. The van der Waals surface area contributed by atoms with Gasteiger partial charge < -0.3 is 4.57 Å². The molecule has 0 unspecified atom stereocenters. The highest BCUT2D eigenvalue weighted by atomic mass is 79.9. The third-order valence-corrected chi connectivity index (χ3v) is 3.68. The molecule has 2 aromatic heterocycles. The van der Waals surface area contributed by atoms with Gasteiger partial charge in [-0.25, -0.2) is 4.68 Å². The topological polar surface area (TPSA) is 39.8 Å². The van der Waals surface area contributed by atoms with Gasteiger partial charge in [0.1, 0.15) is 0 Å². The molecular weight excluding hydrogens is 330 g/mol. The summed E-state index contributed by atoms with van der Waals surface area (Å²) in [6.45, 7) is 2.32. The van der Waals surface area contributed by atoms with E-state index < -0.39 is 0 Å². The van der Waals surface area contributed by atoms with Crippen LogP contribution in [0.5, 0.6) is 0 Å². The number of benzene rings is 1. The molecule has 0 atom stereocenters. The predicted molar refractivity (Wildman–Crippen MR) is 85.8 cm³/mol. The number of aryl methyl sites for hydroxylation is 1. The first-order valence-corrected chi connectivity index (χ1v) is 7.38. The van der Waals surface area contributed by atoms with E-state index in [-0.39, 0.29) is 5.56 Å². The maximum absolute atomic E-state index is 12.1. The van der Waals surface area contributed by atoms with E-state index in [1.807, 2.05) is 54.2 Å². The lowest BCUT2D eigenvalue weighted by atomic mass is 10.3. The summed E-state index contributed by atoms with van der Waals surface area (Å²) in [5.41, 5.74) is 2.73. The third-order valence-electron chi connectivity index (χ3n) is 3.24. The van der Waals surface area contributed by atoms with E-state index in [0.717, 1.165) is 21.3 Å². The predicted octanol–water partition coefficient (Wildman–Crippen LogP) is 3.15. The summed E-state index contributed by atoms with van der Waals surface area (Å²) < 4.78 is 4.40. The van der Waals surface area contributed by atoms with Crippen LogP contribution < -0.4 is 5.56 Å². The maximum atomic E-state index is 12.1. The van der Waals surface area contributed by atoms with Gasteiger partial charge in [0, 0.05) is 28.0 Å². The lowest BCUT2D eigenvalue weighted by Crippen LogP contribution is -2.21. The highest BCUT2D eigenvalue weighted by molar-refractivity contribution is 9.10. The maximum Gasteiger partial charge on any atom is 0.253 e. The van der Waals surface area contributed by atoms with Crippen molar-refractivity contribution in [2.24, 2.45) is 0 Å². The second kappa shape index (κ2) is 5.69. The summed E-state index contributed by atoms with van der Waals surface area (Å²) in [4.78, 5) is 12.1. The highest BCUT2D eigenvalue weighted by Crippen LogP contribution is 2.11. The molecule has 1 aromatic carbocycles. The van der Waals surface area contributed by atoms with Crippen LogP contribution in [0, 0.1) is 6.92 Å². The molecule has 0 radical (unpaired) electrons. The fraction of sp³-hybridized carbons (Fsp3) is 0.125. The molecule has 0 N–H and O–H groups in total. The zero-order valence-electron chi connectivity index (χ0n) is 11.5. The molecule has 0 aliphatic carbocycles. The number of hydrogen-bond acceptors (Lipinski definition) is 2. The average molecular weight is 344 g/mol. The smallest absolute Gasteiger partial charge is 0.253 e. The van der Waals surface area contributed by atoms with Crippen LogP contribution >= 0.6 is 15.9 Å². The van der Waals surface area contributed by atoms with Crippen molar-refractivity contribution in [3.05, 3.63) is 80.9 Å². The SMILES string of the molecule is Cc1cc(Br)cn(Cc2cnn(-c3ccccc3)c2)c1=O. The van der Waals surface area contributed by atoms with E-state index >= 15 is 0 Å². The largest absolute Gasteiger partial charge is 0.310 e. The molecule has 2 heterocycles. The van der Waals surface area contributed by atoms with Crippen molar-refractivity contribution in [2.45, 2.75) is 13.5 Å². The molecule has 5 heteroatoms. The van der Waals surface area contributed by atoms with Gasteiger partial charge in [-0.05, 0) is 41.1 Å². The lowest BCUT2D eigenvalue weighted by molar-refractivity contribution is 0.748. The van der Waals surface area contributed by atoms with E-state index in [2.05, 4.69) is 21.0 Å². The zero-order valence-corrected chi connectivity index (χ0v) is 13.1. The highest BCUT2D eigenvalue weighted by Gasteiger charge is 2.05. The van der Waals surface area contributed by atoms with Crippen LogP contribution in [0.1, 0.15) is 11.1 Å². The van der Waals surface area contributed by atoms with E-state index in [9.17, 15) is 4.79 Å². The van der Waals surface area contributed by atoms with Crippen molar-refractivity contribution in [2.75, 3.05) is 0 Å². The third kappa shape index (κ3) is 2.97. The fourth-order valence-corrected chi connectivity index (χ4v) is 2.81. The summed E-state index contributed by atoms with van der Waals surface area (Å²) in [6.07, 6.45) is 5.53. The number of para-hydroxylation sites is 1. The minimum Gasteiger partial charge on any atom is -0.310 e. The minimum absolute atomic E-state index is 0.0191. The van der Waals surface area contributed by atoms with Gasteiger partial charge in [0.05, 0.1) is 18.4 Å². The summed E-state index contributed by atoms with van der Waals surface area (Å²) in [5, 5.41) is 4.35. The molecule has 21 heavy (non-hydrogen) atoms. The summed E-state index contributed by atoms with van der Waals surface area (Å²) in [5.74, 6) is 0. The molecule has 0 saturated heterocycles. The normalized spacial score (nSPS) is 10.8. The van der Waals surface area contributed by atoms with Crippen LogP contribution in [0.4, 0.5) is 0 Å². The first-order valence-electron chi connectivity index (χ1n) is 6.59. The van der Waals surface area contributed by atoms with Crippen molar-refractivity contribution in [3.8, 4) is 5.69 Å². The number of pyridine rings is 1.